The highest BCUT2D eigenvalue weighted by Gasteiger charge is 2.42. The zero-order chi connectivity index (χ0) is 21.5. The number of aliphatic hydroxyl groups excluding tert-OH is 1. The highest BCUT2D eigenvalue weighted by atomic mass is 16.6. The Morgan fingerprint density at radius 3 is 2.17 bits per heavy atom. The number of hydrogen-bond donors (Lipinski definition) is 1. The molecule has 6 heteroatoms. The van der Waals surface area contributed by atoms with E-state index in [4.69, 9.17) is 9.47 Å². The van der Waals surface area contributed by atoms with Crippen LogP contribution in [0.4, 0.5) is 4.79 Å². The van der Waals surface area contributed by atoms with Gasteiger partial charge in [-0.05, 0) is 43.0 Å². The molecule has 1 unspecified atom stereocenters. The smallest absolute Gasteiger partial charge is 0.410 e. The van der Waals surface area contributed by atoms with Crippen molar-refractivity contribution in [3.63, 3.8) is 0 Å². The van der Waals surface area contributed by atoms with Gasteiger partial charge in [-0.25, -0.2) is 9.59 Å². The molecule has 0 aromatic heterocycles. The van der Waals surface area contributed by atoms with Crippen LogP contribution in [0.15, 0.2) is 48.5 Å². The number of hydrogen-bond acceptors (Lipinski definition) is 5. The summed E-state index contributed by atoms with van der Waals surface area (Å²) >= 11 is 0. The van der Waals surface area contributed by atoms with E-state index in [9.17, 15) is 14.7 Å². The topological polar surface area (TPSA) is 76.1 Å². The number of likely N-dealkylation sites (tertiary alicyclic amines) is 1. The minimum absolute atomic E-state index is 0.0561. The lowest BCUT2D eigenvalue weighted by molar-refractivity contribution is -0.159. The molecule has 1 N–H and O–H groups in total. The van der Waals surface area contributed by atoms with Gasteiger partial charge in [0.15, 0.2) is 0 Å². The van der Waals surface area contributed by atoms with Crippen molar-refractivity contribution in [2.75, 3.05) is 13.2 Å². The van der Waals surface area contributed by atoms with E-state index in [0.717, 1.165) is 22.3 Å². The van der Waals surface area contributed by atoms with Gasteiger partial charge in [-0.1, -0.05) is 48.5 Å². The third-order valence-corrected chi connectivity index (χ3v) is 5.53. The number of aliphatic hydroxyl groups is 1. The second-order valence-corrected chi connectivity index (χ2v) is 8.90. The molecular weight excluding hydrogens is 382 g/mol. The molecule has 30 heavy (non-hydrogen) atoms. The summed E-state index contributed by atoms with van der Waals surface area (Å²) in [4.78, 5) is 26.6. The van der Waals surface area contributed by atoms with E-state index in [-0.39, 0.29) is 25.5 Å². The molecule has 1 heterocycles. The van der Waals surface area contributed by atoms with Crippen molar-refractivity contribution >= 4 is 12.1 Å². The molecular formula is C24H27NO5. The Morgan fingerprint density at radius 2 is 1.60 bits per heavy atom. The third kappa shape index (κ3) is 3.92. The number of amides is 1. The van der Waals surface area contributed by atoms with Crippen molar-refractivity contribution in [3.8, 4) is 11.1 Å². The van der Waals surface area contributed by atoms with Crippen molar-refractivity contribution in [2.45, 2.75) is 50.9 Å². The largest absolute Gasteiger partial charge is 0.458 e. The number of rotatable bonds is 3. The monoisotopic (exact) mass is 409 g/mol. The fraction of sp³-hybridized carbons (Fsp3) is 0.417. The molecule has 0 bridgehead atoms. The summed E-state index contributed by atoms with van der Waals surface area (Å²) in [6.45, 7) is 5.54. The Hall–Kier alpha value is -2.86. The van der Waals surface area contributed by atoms with Crippen molar-refractivity contribution in [1.82, 2.24) is 4.90 Å². The Labute approximate surface area is 176 Å². The van der Waals surface area contributed by atoms with E-state index in [1.54, 1.807) is 20.8 Å². The van der Waals surface area contributed by atoms with Crippen molar-refractivity contribution in [1.29, 1.82) is 0 Å². The lowest BCUT2D eigenvalue weighted by Gasteiger charge is -2.27. The highest BCUT2D eigenvalue weighted by molar-refractivity contribution is 5.83. The Kier molecular flexibility index (Phi) is 5.28. The second kappa shape index (κ2) is 7.76. The summed E-state index contributed by atoms with van der Waals surface area (Å²) in [6.07, 6.45) is -1.23. The van der Waals surface area contributed by atoms with Gasteiger partial charge in [0.1, 0.15) is 18.2 Å². The van der Waals surface area contributed by atoms with Crippen LogP contribution in [0.25, 0.3) is 11.1 Å². The molecule has 158 valence electrons. The van der Waals surface area contributed by atoms with Crippen LogP contribution in [-0.2, 0) is 14.3 Å². The van der Waals surface area contributed by atoms with E-state index >= 15 is 0 Å². The van der Waals surface area contributed by atoms with Crippen LogP contribution in [0.3, 0.4) is 0 Å². The predicted octanol–water partition coefficient (Wildman–Crippen LogP) is 3.71. The summed E-state index contributed by atoms with van der Waals surface area (Å²) < 4.78 is 11.1. The van der Waals surface area contributed by atoms with Gasteiger partial charge in [0.25, 0.3) is 0 Å². The predicted molar refractivity (Wildman–Crippen MR) is 112 cm³/mol. The van der Waals surface area contributed by atoms with Gasteiger partial charge in [-0.15, -0.1) is 0 Å². The first-order chi connectivity index (χ1) is 14.2. The lowest BCUT2D eigenvalue weighted by atomic mass is 9.98. The summed E-state index contributed by atoms with van der Waals surface area (Å²) in [5.74, 6) is -0.582. The van der Waals surface area contributed by atoms with E-state index in [1.807, 2.05) is 24.3 Å². The maximum absolute atomic E-state index is 12.8. The fourth-order valence-corrected chi connectivity index (χ4v) is 4.29. The molecule has 2 aromatic rings. The van der Waals surface area contributed by atoms with Crippen LogP contribution in [-0.4, -0.2) is 53.0 Å². The molecule has 2 aliphatic rings. The van der Waals surface area contributed by atoms with Gasteiger partial charge in [0.05, 0.1) is 12.6 Å². The zero-order valence-electron chi connectivity index (χ0n) is 17.5. The van der Waals surface area contributed by atoms with E-state index in [1.165, 1.54) is 4.90 Å². The number of carbonyl (C=O) groups excluding carboxylic acids is 2. The highest BCUT2D eigenvalue weighted by Crippen LogP contribution is 2.44. The molecule has 6 nitrogen and oxygen atoms in total. The average Bonchev–Trinajstić information content (AvgIpc) is 3.23. The van der Waals surface area contributed by atoms with Crippen LogP contribution >= 0.6 is 0 Å². The first-order valence-electron chi connectivity index (χ1n) is 10.3. The van der Waals surface area contributed by atoms with Crippen LogP contribution in [0.2, 0.25) is 0 Å². The molecule has 1 amide bonds. The summed E-state index contributed by atoms with van der Waals surface area (Å²) in [5, 5.41) is 10.0. The number of ether oxygens (including phenoxy) is 2. The molecule has 0 spiro atoms. The van der Waals surface area contributed by atoms with Gasteiger partial charge in [-0.2, -0.15) is 0 Å². The molecule has 1 fully saturated rings. The van der Waals surface area contributed by atoms with Crippen molar-refractivity contribution in [3.05, 3.63) is 59.7 Å². The minimum atomic E-state index is -0.838. The van der Waals surface area contributed by atoms with E-state index < -0.39 is 29.8 Å². The molecule has 4 rings (SSSR count). The lowest BCUT2D eigenvalue weighted by Crippen LogP contribution is -2.44. The molecule has 2 atom stereocenters. The van der Waals surface area contributed by atoms with E-state index in [2.05, 4.69) is 24.3 Å². The SMILES string of the molecule is CC(C)(C)OC(=O)[C@@H]1CC(O)CN1C(=O)OCC1c2ccccc2-c2ccccc21. The van der Waals surface area contributed by atoms with Crippen LogP contribution in [0, 0.1) is 0 Å². The third-order valence-electron chi connectivity index (χ3n) is 5.53. The van der Waals surface area contributed by atoms with Crippen molar-refractivity contribution in [2.24, 2.45) is 0 Å². The standard InChI is InChI=1S/C24H27NO5/c1-24(2,3)30-22(27)21-12-15(26)13-25(21)23(28)29-14-20-18-10-6-4-8-16(18)17-9-5-7-11-19(17)20/h4-11,15,20-21,26H,12-14H2,1-3H3/t15?,21-/m0/s1. The quantitative estimate of drug-likeness (QED) is 0.782. The number of nitrogens with zero attached hydrogens (tertiary/aromatic N) is 1. The first kappa shape index (κ1) is 20.4. The van der Waals surface area contributed by atoms with Gasteiger partial charge >= 0.3 is 12.1 Å². The average molecular weight is 409 g/mol. The van der Waals surface area contributed by atoms with Crippen LogP contribution < -0.4 is 0 Å². The Bertz CT molecular complexity index is 919. The number of β-amino-alcohol motifs (C(OH)–C–C–N with tert-alkyl or cyclic N) is 1. The Balaban J connectivity index is 1.49. The second-order valence-electron chi connectivity index (χ2n) is 8.90. The molecule has 0 radical (unpaired) electrons. The van der Waals surface area contributed by atoms with Gasteiger partial charge in [-0.3, -0.25) is 4.90 Å². The van der Waals surface area contributed by atoms with Crippen molar-refractivity contribution < 1.29 is 24.2 Å². The summed E-state index contributed by atoms with van der Waals surface area (Å²) in [7, 11) is 0. The van der Waals surface area contributed by atoms with Gasteiger partial charge in [0.2, 0.25) is 0 Å². The maximum atomic E-state index is 12.8. The summed E-state index contributed by atoms with van der Waals surface area (Å²) in [5.41, 5.74) is 3.88. The first-order valence-corrected chi connectivity index (χ1v) is 10.3. The Morgan fingerprint density at radius 1 is 1.03 bits per heavy atom. The van der Waals surface area contributed by atoms with Crippen LogP contribution in [0.5, 0.6) is 0 Å². The number of carbonyl (C=O) groups is 2. The molecule has 2 aromatic carbocycles. The van der Waals surface area contributed by atoms with E-state index in [0.29, 0.717) is 0 Å². The number of fused-ring (bicyclic) bond motifs is 3. The fourth-order valence-electron chi connectivity index (χ4n) is 4.29. The molecule has 1 aliphatic carbocycles. The van der Waals surface area contributed by atoms with Gasteiger partial charge < -0.3 is 14.6 Å². The molecule has 0 saturated carbocycles. The van der Waals surface area contributed by atoms with Gasteiger partial charge in [0, 0.05) is 12.3 Å². The summed E-state index contributed by atoms with van der Waals surface area (Å²) in [6, 6.07) is 15.4. The minimum Gasteiger partial charge on any atom is -0.458 e. The molecule has 1 saturated heterocycles. The molecule has 1 aliphatic heterocycles. The van der Waals surface area contributed by atoms with Crippen LogP contribution in [0.1, 0.15) is 44.2 Å². The normalized spacial score (nSPS) is 20.6. The zero-order valence-corrected chi connectivity index (χ0v) is 17.5. The maximum Gasteiger partial charge on any atom is 0.410 e. The number of benzene rings is 2. The number of esters is 1.